The topological polar surface area (TPSA) is 43.2 Å². The van der Waals surface area contributed by atoms with E-state index >= 15 is 0 Å². The van der Waals surface area contributed by atoms with Gasteiger partial charge < -0.3 is 9.80 Å². The van der Waals surface area contributed by atoms with Crippen molar-refractivity contribution in [2.45, 2.75) is 20.0 Å². The Morgan fingerprint density at radius 1 is 1.17 bits per heavy atom. The number of hydrogen-bond donors (Lipinski definition) is 2. The van der Waals surface area contributed by atoms with Crippen molar-refractivity contribution in [3.8, 4) is 0 Å². The zero-order chi connectivity index (χ0) is 16.5. The highest BCUT2D eigenvalue weighted by Crippen LogP contribution is 2.11. The Labute approximate surface area is 148 Å². The molecule has 1 aliphatic heterocycles. The van der Waals surface area contributed by atoms with Gasteiger partial charge in [-0.2, -0.15) is 0 Å². The number of quaternary nitrogens is 2. The lowest BCUT2D eigenvalue weighted by Crippen LogP contribution is -3.27. The monoisotopic (exact) mass is 362 g/mol. The van der Waals surface area contributed by atoms with Crippen LogP contribution in [0, 0.1) is 6.92 Å². The molecule has 0 radical (unpaired) electrons. The predicted octanol–water partition coefficient (Wildman–Crippen LogP) is -0.390. The van der Waals surface area contributed by atoms with Gasteiger partial charge in [-0.1, -0.05) is 6.07 Å². The Balaban J connectivity index is 1.39. The molecule has 2 N–H and O–H groups in total. The number of piperazine rings is 1. The molecule has 0 aromatic carbocycles. The minimum atomic E-state index is 0.0510. The molecular formula is C17H22N4OS2+2. The van der Waals surface area contributed by atoms with Gasteiger partial charge in [-0.05, 0) is 18.4 Å². The van der Waals surface area contributed by atoms with Crippen LogP contribution in [0.3, 0.4) is 0 Å². The molecule has 126 valence electrons. The summed E-state index contributed by atoms with van der Waals surface area (Å²) in [6.07, 6.45) is 0. The van der Waals surface area contributed by atoms with Crippen LogP contribution in [0.15, 0.2) is 33.8 Å². The van der Waals surface area contributed by atoms with E-state index in [9.17, 15) is 4.79 Å². The minimum absolute atomic E-state index is 0.0510. The van der Waals surface area contributed by atoms with Gasteiger partial charge in [-0.15, -0.1) is 22.7 Å². The SMILES string of the molecule is Cc1csc2nc(C[NH+]3CC[NH+](Cc4cccs4)CC3)cc(=O)n12. The second-order valence-electron chi connectivity index (χ2n) is 6.51. The fourth-order valence-electron chi connectivity index (χ4n) is 3.42. The van der Waals surface area contributed by atoms with Crippen molar-refractivity contribution in [1.82, 2.24) is 9.38 Å². The zero-order valence-electron chi connectivity index (χ0n) is 13.7. The maximum Gasteiger partial charge on any atom is 0.259 e. The number of thiophene rings is 1. The number of hydrogen-bond acceptors (Lipinski definition) is 4. The Morgan fingerprint density at radius 2 is 1.92 bits per heavy atom. The smallest absolute Gasteiger partial charge is 0.259 e. The van der Waals surface area contributed by atoms with Crippen LogP contribution in [0.5, 0.6) is 0 Å². The number of fused-ring (bicyclic) bond motifs is 1. The molecule has 3 aromatic heterocycles. The van der Waals surface area contributed by atoms with E-state index in [1.54, 1.807) is 26.7 Å². The van der Waals surface area contributed by atoms with Gasteiger partial charge in [0.2, 0.25) is 0 Å². The maximum absolute atomic E-state index is 12.3. The molecule has 0 aliphatic carbocycles. The number of aromatic nitrogens is 2. The molecule has 0 bridgehead atoms. The molecule has 4 rings (SSSR count). The fourth-order valence-corrected chi connectivity index (χ4v) is 5.09. The average Bonchev–Trinajstić information content (AvgIpc) is 3.20. The first-order valence-electron chi connectivity index (χ1n) is 8.35. The van der Waals surface area contributed by atoms with Crippen LogP contribution in [0.25, 0.3) is 4.96 Å². The number of aryl methyl sites for hydroxylation is 1. The summed E-state index contributed by atoms with van der Waals surface area (Å²) in [5, 5.41) is 4.15. The highest BCUT2D eigenvalue weighted by molar-refractivity contribution is 7.15. The fraction of sp³-hybridized carbons (Fsp3) is 0.412. The molecule has 3 aromatic rings. The van der Waals surface area contributed by atoms with Crippen LogP contribution in [0.1, 0.15) is 16.3 Å². The van der Waals surface area contributed by atoms with Gasteiger partial charge in [0.05, 0.1) is 4.88 Å². The lowest BCUT2D eigenvalue weighted by atomic mass is 10.2. The van der Waals surface area contributed by atoms with Gasteiger partial charge in [0.25, 0.3) is 5.56 Å². The first-order valence-corrected chi connectivity index (χ1v) is 10.1. The quantitative estimate of drug-likeness (QED) is 0.664. The van der Waals surface area contributed by atoms with Gasteiger partial charge in [-0.25, -0.2) is 4.98 Å². The second-order valence-corrected chi connectivity index (χ2v) is 8.38. The van der Waals surface area contributed by atoms with Crippen LogP contribution in [-0.4, -0.2) is 35.6 Å². The molecule has 0 spiro atoms. The van der Waals surface area contributed by atoms with Crippen LogP contribution in [-0.2, 0) is 13.1 Å². The van der Waals surface area contributed by atoms with Crippen molar-refractivity contribution < 1.29 is 9.80 Å². The Hall–Kier alpha value is -1.54. The van der Waals surface area contributed by atoms with Crippen molar-refractivity contribution in [2.75, 3.05) is 26.2 Å². The summed E-state index contributed by atoms with van der Waals surface area (Å²) in [6, 6.07) is 6.07. The number of nitrogens with one attached hydrogen (secondary N) is 2. The number of thiazole rings is 1. The summed E-state index contributed by atoms with van der Waals surface area (Å²) in [5.41, 5.74) is 1.95. The molecule has 1 aliphatic rings. The van der Waals surface area contributed by atoms with Crippen LogP contribution >= 0.6 is 22.7 Å². The Bertz CT molecular complexity index is 876. The van der Waals surface area contributed by atoms with Crippen molar-refractivity contribution >= 4 is 27.6 Å². The van der Waals surface area contributed by atoms with Crippen LogP contribution < -0.4 is 15.4 Å². The summed E-state index contributed by atoms with van der Waals surface area (Å²) in [5.74, 6) is 0. The lowest BCUT2D eigenvalue weighted by molar-refractivity contribution is -1.02. The molecule has 0 unspecified atom stereocenters. The van der Waals surface area contributed by atoms with Crippen molar-refractivity contribution in [3.63, 3.8) is 0 Å². The average molecular weight is 363 g/mol. The summed E-state index contributed by atoms with van der Waals surface area (Å²) >= 11 is 3.40. The summed E-state index contributed by atoms with van der Waals surface area (Å²) in [4.78, 5) is 22.4. The van der Waals surface area contributed by atoms with E-state index in [2.05, 4.69) is 22.5 Å². The first-order chi connectivity index (χ1) is 11.7. The van der Waals surface area contributed by atoms with Crippen molar-refractivity contribution in [3.05, 3.63) is 55.6 Å². The molecular weight excluding hydrogens is 340 g/mol. The first kappa shape index (κ1) is 16.0. The molecule has 0 saturated carbocycles. The third-order valence-electron chi connectivity index (χ3n) is 4.73. The molecule has 1 saturated heterocycles. The van der Waals surface area contributed by atoms with Gasteiger partial charge in [0.15, 0.2) is 4.96 Å². The van der Waals surface area contributed by atoms with E-state index in [1.807, 2.05) is 23.6 Å². The molecule has 7 heteroatoms. The van der Waals surface area contributed by atoms with E-state index in [4.69, 9.17) is 0 Å². The minimum Gasteiger partial charge on any atom is -0.321 e. The Morgan fingerprint density at radius 3 is 2.62 bits per heavy atom. The van der Waals surface area contributed by atoms with E-state index in [1.165, 1.54) is 22.9 Å². The lowest BCUT2D eigenvalue weighted by Gasteiger charge is -2.29. The molecule has 0 amide bonds. The zero-order valence-corrected chi connectivity index (χ0v) is 15.4. The highest BCUT2D eigenvalue weighted by Gasteiger charge is 2.24. The highest BCUT2D eigenvalue weighted by atomic mass is 32.1. The third-order valence-corrected chi connectivity index (χ3v) is 6.55. The largest absolute Gasteiger partial charge is 0.321 e. The number of nitrogens with zero attached hydrogens (tertiary/aromatic N) is 2. The Kier molecular flexibility index (Phi) is 4.49. The van der Waals surface area contributed by atoms with Gasteiger partial charge in [-0.3, -0.25) is 9.20 Å². The van der Waals surface area contributed by atoms with E-state index in [0.717, 1.165) is 42.5 Å². The standard InChI is InChI=1S/C17H20N4OS2/c1-13-12-24-17-18-14(9-16(22)21(13)17)10-19-4-6-20(7-5-19)11-15-3-2-8-23-15/h2-3,8-9,12H,4-7,10-11H2,1H3/p+2. The maximum atomic E-state index is 12.3. The molecule has 5 nitrogen and oxygen atoms in total. The van der Waals surface area contributed by atoms with E-state index in [0.29, 0.717) is 0 Å². The number of rotatable bonds is 4. The van der Waals surface area contributed by atoms with Gasteiger partial charge in [0.1, 0.15) is 45.0 Å². The molecule has 4 heterocycles. The van der Waals surface area contributed by atoms with E-state index in [-0.39, 0.29) is 5.56 Å². The second kappa shape index (κ2) is 6.76. The molecule has 1 fully saturated rings. The summed E-state index contributed by atoms with van der Waals surface area (Å²) < 4.78 is 1.70. The van der Waals surface area contributed by atoms with Gasteiger partial charge in [0, 0.05) is 17.1 Å². The molecule has 0 atom stereocenters. The molecule has 24 heavy (non-hydrogen) atoms. The summed E-state index contributed by atoms with van der Waals surface area (Å²) in [6.45, 7) is 8.61. The normalized spacial score (nSPS) is 21.4. The summed E-state index contributed by atoms with van der Waals surface area (Å²) in [7, 11) is 0. The van der Waals surface area contributed by atoms with Crippen molar-refractivity contribution in [2.24, 2.45) is 0 Å². The van der Waals surface area contributed by atoms with Gasteiger partial charge >= 0.3 is 0 Å². The van der Waals surface area contributed by atoms with Crippen molar-refractivity contribution in [1.29, 1.82) is 0 Å². The predicted molar refractivity (Wildman–Crippen MR) is 97.2 cm³/mol. The van der Waals surface area contributed by atoms with Crippen LogP contribution in [0.2, 0.25) is 0 Å². The van der Waals surface area contributed by atoms with Crippen LogP contribution in [0.4, 0.5) is 0 Å². The van der Waals surface area contributed by atoms with E-state index < -0.39 is 0 Å². The third kappa shape index (κ3) is 3.30.